The number of thioether (sulfide) groups is 1. The Hall–Kier alpha value is -3.88. The summed E-state index contributed by atoms with van der Waals surface area (Å²) in [6, 6.07) is 5.90. The number of aromatic nitrogens is 1. The van der Waals surface area contributed by atoms with Crippen molar-refractivity contribution in [3.8, 4) is 5.75 Å². The molecule has 0 bridgehead atoms. The third-order valence-electron chi connectivity index (χ3n) is 7.30. The molecule has 3 amide bonds. The first-order valence-electron chi connectivity index (χ1n) is 16.8. The summed E-state index contributed by atoms with van der Waals surface area (Å²) < 4.78 is 22.2. The molecule has 1 aromatic heterocycles. The van der Waals surface area contributed by atoms with Gasteiger partial charge in [-0.1, -0.05) is 75.0 Å². The van der Waals surface area contributed by atoms with Gasteiger partial charge in [0, 0.05) is 10.2 Å². The van der Waals surface area contributed by atoms with Crippen LogP contribution in [-0.4, -0.2) is 91.0 Å². The Morgan fingerprint density at radius 2 is 1.71 bits per heavy atom. The Balaban J connectivity index is 1.61. The second-order valence-electron chi connectivity index (χ2n) is 14.5. The van der Waals surface area contributed by atoms with Gasteiger partial charge in [-0.2, -0.15) is 0 Å². The molecule has 19 heteroatoms. The van der Waals surface area contributed by atoms with Gasteiger partial charge in [-0.15, -0.1) is 11.8 Å². The smallest absolute Gasteiger partial charge is 0.413 e. The SMILES string of the molecule is COc1ccc(COC(=O)C2=C(/C=C/CI)CSC3[C@H](NC(=O)/C(=N\OC(C)(C)C(=O)OC(C)(C)C)c4nc(NC(=O)OC(C)(C)C)sc4Cl)C(=O)N23)cc1. The number of ether oxygens (including phenoxy) is 4. The lowest BCUT2D eigenvalue weighted by molar-refractivity contribution is -0.179. The highest BCUT2D eigenvalue weighted by atomic mass is 127. The number of benzene rings is 1. The lowest BCUT2D eigenvalue weighted by Gasteiger charge is -2.49. The van der Waals surface area contributed by atoms with E-state index in [0.29, 0.717) is 21.5 Å². The van der Waals surface area contributed by atoms with E-state index in [4.69, 9.17) is 35.4 Å². The number of hydrogen-bond acceptors (Lipinski definition) is 14. The summed E-state index contributed by atoms with van der Waals surface area (Å²) in [6.07, 6.45) is 2.83. The number of amides is 3. The largest absolute Gasteiger partial charge is 0.497 e. The summed E-state index contributed by atoms with van der Waals surface area (Å²) >= 11 is 10.9. The van der Waals surface area contributed by atoms with Crippen molar-refractivity contribution in [1.29, 1.82) is 0 Å². The van der Waals surface area contributed by atoms with E-state index in [1.54, 1.807) is 79.0 Å². The number of anilines is 1. The molecule has 0 saturated carbocycles. The van der Waals surface area contributed by atoms with E-state index in [1.165, 1.54) is 30.5 Å². The van der Waals surface area contributed by atoms with Crippen LogP contribution in [0.5, 0.6) is 5.75 Å². The van der Waals surface area contributed by atoms with Gasteiger partial charge in [0.1, 0.15) is 50.7 Å². The highest BCUT2D eigenvalue weighted by Gasteiger charge is 2.54. The molecular formula is C36H43ClIN5O10S2. The number of oxime groups is 1. The van der Waals surface area contributed by atoms with Crippen LogP contribution < -0.4 is 15.4 Å². The molecule has 2 N–H and O–H groups in total. The number of allylic oxidation sites excluding steroid dienone is 2. The molecule has 2 atom stereocenters. The minimum absolute atomic E-state index is 0.0232. The molecule has 55 heavy (non-hydrogen) atoms. The summed E-state index contributed by atoms with van der Waals surface area (Å²) in [4.78, 5) is 78.0. The molecule has 298 valence electrons. The molecule has 1 unspecified atom stereocenters. The van der Waals surface area contributed by atoms with Crippen LogP contribution in [0.2, 0.25) is 4.34 Å². The van der Waals surface area contributed by atoms with Crippen molar-refractivity contribution in [2.75, 3.05) is 22.6 Å². The Morgan fingerprint density at radius 1 is 1.05 bits per heavy atom. The lowest BCUT2D eigenvalue weighted by atomic mass is 10.0. The number of alkyl halides is 1. The number of carbonyl (C=O) groups excluding carboxylic acids is 5. The number of esters is 2. The van der Waals surface area contributed by atoms with Crippen molar-refractivity contribution in [2.24, 2.45) is 5.16 Å². The first-order chi connectivity index (χ1) is 25.6. The normalized spacial score (nSPS) is 17.6. The molecular weight excluding hydrogens is 889 g/mol. The Labute approximate surface area is 346 Å². The maximum atomic E-state index is 14.0. The first kappa shape index (κ1) is 43.8. The lowest BCUT2D eigenvalue weighted by Crippen LogP contribution is -2.71. The fourth-order valence-corrected chi connectivity index (χ4v) is 7.38. The summed E-state index contributed by atoms with van der Waals surface area (Å²) in [6.45, 7) is 12.9. The number of rotatable bonds is 13. The number of hydrogen-bond donors (Lipinski definition) is 2. The molecule has 2 aliphatic heterocycles. The zero-order chi connectivity index (χ0) is 40.9. The van der Waals surface area contributed by atoms with Crippen LogP contribution >= 0.6 is 57.3 Å². The summed E-state index contributed by atoms with van der Waals surface area (Å²) in [7, 11) is 1.55. The van der Waals surface area contributed by atoms with Gasteiger partial charge in [-0.3, -0.25) is 19.8 Å². The van der Waals surface area contributed by atoms with Crippen molar-refractivity contribution in [2.45, 2.75) is 90.2 Å². The maximum Gasteiger partial charge on any atom is 0.413 e. The summed E-state index contributed by atoms with van der Waals surface area (Å²) in [5, 5.41) is 8.44. The first-order valence-corrected chi connectivity index (χ1v) is 20.6. The van der Waals surface area contributed by atoms with Crippen LogP contribution in [0.25, 0.3) is 0 Å². The number of β-lactam (4-membered cyclic amide) rings is 1. The van der Waals surface area contributed by atoms with E-state index >= 15 is 0 Å². The molecule has 1 fully saturated rings. The number of methoxy groups -OCH3 is 1. The van der Waals surface area contributed by atoms with E-state index in [9.17, 15) is 24.0 Å². The van der Waals surface area contributed by atoms with Gasteiger partial charge in [0.25, 0.3) is 11.8 Å². The molecule has 15 nitrogen and oxygen atoms in total. The molecule has 0 radical (unpaired) electrons. The van der Waals surface area contributed by atoms with Crippen LogP contribution in [0.15, 0.2) is 52.8 Å². The Kier molecular flexibility index (Phi) is 14.3. The fourth-order valence-electron chi connectivity index (χ4n) is 4.78. The number of thiazole rings is 1. The molecule has 1 saturated heterocycles. The number of nitrogens with zero attached hydrogens (tertiary/aromatic N) is 3. The molecule has 1 aromatic carbocycles. The molecule has 0 aliphatic carbocycles. The molecule has 2 aliphatic rings. The Bertz CT molecular complexity index is 1900. The van der Waals surface area contributed by atoms with Gasteiger partial charge in [0.15, 0.2) is 10.8 Å². The zero-order valence-electron chi connectivity index (χ0n) is 31.7. The van der Waals surface area contributed by atoms with E-state index in [2.05, 4.69) is 43.4 Å². The quantitative estimate of drug-likeness (QED) is 0.0431. The minimum atomic E-state index is -1.69. The standard InChI is InChI=1S/C36H43ClIN5O10S2/c1-34(2,3)51-31(47)36(7,8)53-42-23(22-26(37)55-32(40-22)41-33(48)52-35(4,5)6)27(44)39-24-28(45)43-25(20(11-10-16-38)18-54-29(24)43)30(46)50-17-19-12-14-21(49-9)15-13-19/h10-15,24,29H,16-18H2,1-9H3,(H,39,44)(H,40,41,48)/b11-10+,42-23-/t24-,29?/m1/s1. The highest BCUT2D eigenvalue weighted by Crippen LogP contribution is 2.41. The van der Waals surface area contributed by atoms with Gasteiger partial charge in [0.2, 0.25) is 5.60 Å². The van der Waals surface area contributed by atoms with Crippen LogP contribution in [-0.2, 0) is 44.8 Å². The van der Waals surface area contributed by atoms with Crippen LogP contribution in [0, 0.1) is 0 Å². The van der Waals surface area contributed by atoms with Crippen molar-refractivity contribution in [3.05, 3.63) is 63.3 Å². The van der Waals surface area contributed by atoms with Crippen LogP contribution in [0.1, 0.15) is 66.6 Å². The van der Waals surface area contributed by atoms with Gasteiger partial charge in [-0.05, 0) is 78.7 Å². The predicted octanol–water partition coefficient (Wildman–Crippen LogP) is 6.38. The number of fused-ring (bicyclic) bond motifs is 1. The van der Waals surface area contributed by atoms with Gasteiger partial charge in [0.05, 0.1) is 7.11 Å². The monoisotopic (exact) mass is 931 g/mol. The second kappa shape index (κ2) is 17.9. The highest BCUT2D eigenvalue weighted by molar-refractivity contribution is 14.1. The zero-order valence-corrected chi connectivity index (χ0v) is 36.3. The molecule has 2 aromatic rings. The summed E-state index contributed by atoms with van der Waals surface area (Å²) in [5.41, 5.74) is -2.66. The van der Waals surface area contributed by atoms with Gasteiger partial charge < -0.3 is 29.1 Å². The van der Waals surface area contributed by atoms with E-state index in [-0.39, 0.29) is 27.5 Å². The maximum absolute atomic E-state index is 14.0. The number of nitrogens with one attached hydrogen (secondary N) is 2. The summed E-state index contributed by atoms with van der Waals surface area (Å²) in [5.74, 6) is -1.99. The van der Waals surface area contributed by atoms with Crippen molar-refractivity contribution < 1.29 is 47.8 Å². The van der Waals surface area contributed by atoms with Gasteiger partial charge in [-0.25, -0.2) is 19.4 Å². The topological polar surface area (TPSA) is 184 Å². The van der Waals surface area contributed by atoms with E-state index in [1.807, 2.05) is 6.08 Å². The fraction of sp³-hybridized carbons (Fsp3) is 0.472. The van der Waals surface area contributed by atoms with E-state index in [0.717, 1.165) is 16.9 Å². The average Bonchev–Trinajstić information content (AvgIpc) is 3.45. The van der Waals surface area contributed by atoms with Crippen molar-refractivity contribution >= 4 is 98.0 Å². The average molecular weight is 932 g/mol. The predicted molar refractivity (Wildman–Crippen MR) is 217 cm³/mol. The van der Waals surface area contributed by atoms with Crippen LogP contribution in [0.4, 0.5) is 9.93 Å². The number of carbonyl (C=O) groups is 5. The Morgan fingerprint density at radius 3 is 2.31 bits per heavy atom. The molecule has 0 spiro atoms. The molecule has 4 rings (SSSR count). The van der Waals surface area contributed by atoms with E-state index < -0.39 is 63.8 Å². The van der Waals surface area contributed by atoms with Crippen molar-refractivity contribution in [3.63, 3.8) is 0 Å². The third-order valence-corrected chi connectivity index (χ3v) is 10.3. The minimum Gasteiger partial charge on any atom is -0.497 e. The van der Waals surface area contributed by atoms with Crippen LogP contribution in [0.3, 0.4) is 0 Å². The third kappa shape index (κ3) is 11.6. The number of halogens is 2. The van der Waals surface area contributed by atoms with Crippen molar-refractivity contribution in [1.82, 2.24) is 15.2 Å². The molecule has 3 heterocycles. The van der Waals surface area contributed by atoms with Gasteiger partial charge >= 0.3 is 18.0 Å². The second-order valence-corrected chi connectivity index (χ2v) is 18.1.